The highest BCUT2D eigenvalue weighted by Gasteiger charge is 2.50. The number of hydrogen-bond donors (Lipinski definition) is 1. The molecule has 0 saturated carbocycles. The molecule has 1 aromatic heterocycles. The molecule has 2 saturated heterocycles. The number of thiocarbonyl (C=S) groups is 1. The fraction of sp³-hybridized carbons (Fsp3) is 0.450. The van der Waals surface area contributed by atoms with E-state index in [0.717, 1.165) is 35.4 Å². The summed E-state index contributed by atoms with van der Waals surface area (Å²) in [6, 6.07) is 14.8. The molecule has 0 aliphatic carbocycles. The number of hydrogen-bond acceptors (Lipinski definition) is 8. The molecule has 292 valence electrons. The van der Waals surface area contributed by atoms with Crippen molar-refractivity contribution in [3.05, 3.63) is 71.9 Å². The maximum atomic E-state index is 13.7. The van der Waals surface area contributed by atoms with Crippen LogP contribution in [0.15, 0.2) is 60.8 Å². The quantitative estimate of drug-likeness (QED) is 0.155. The zero-order valence-electron chi connectivity index (χ0n) is 31.7. The number of aromatic nitrogens is 1. The van der Waals surface area contributed by atoms with Crippen LogP contribution in [0, 0.1) is 16.7 Å². The van der Waals surface area contributed by atoms with Crippen LogP contribution >= 0.6 is 12.2 Å². The topological polar surface area (TPSA) is 128 Å². The number of anilines is 2. The molecular formula is C40H45F3N6O5S. The molecule has 1 N–H and O–H groups in total. The van der Waals surface area contributed by atoms with Crippen LogP contribution in [0.3, 0.4) is 0 Å². The van der Waals surface area contributed by atoms with Gasteiger partial charge in [0.25, 0.3) is 5.91 Å². The molecule has 3 heterocycles. The van der Waals surface area contributed by atoms with Crippen molar-refractivity contribution in [1.82, 2.24) is 15.2 Å². The van der Waals surface area contributed by atoms with Gasteiger partial charge >= 0.3 is 6.18 Å². The van der Waals surface area contributed by atoms with E-state index in [1.807, 2.05) is 32.6 Å². The molecule has 2 aliphatic rings. The third-order valence-corrected chi connectivity index (χ3v) is 10.1. The SMILES string of the molecule is C[C@@H]1CCCN1C(=O)C(NC(=O)CCOCCOc1ccc(-c2ccc(N3C(=S)N(c4ccc(C#N)c(C(F)(F)F)c4)C(=O)C3(C)C)cc2)nc1)C(C)(C)C. The molecule has 2 fully saturated rings. The van der Waals surface area contributed by atoms with Crippen LogP contribution in [0.25, 0.3) is 11.3 Å². The Morgan fingerprint density at radius 3 is 2.33 bits per heavy atom. The average Bonchev–Trinajstić information content (AvgIpc) is 3.64. The van der Waals surface area contributed by atoms with Gasteiger partial charge in [-0.3, -0.25) is 24.3 Å². The summed E-state index contributed by atoms with van der Waals surface area (Å²) >= 11 is 5.63. The van der Waals surface area contributed by atoms with Gasteiger partial charge in [-0.05, 0) is 93.7 Å². The Hall–Kier alpha value is -5.07. The van der Waals surface area contributed by atoms with Gasteiger partial charge in [0, 0.05) is 30.3 Å². The number of likely N-dealkylation sites (tertiary alicyclic amines) is 1. The fourth-order valence-corrected chi connectivity index (χ4v) is 7.19. The summed E-state index contributed by atoms with van der Waals surface area (Å²) in [6.07, 6.45) is -1.18. The molecule has 15 heteroatoms. The molecule has 2 atom stereocenters. The van der Waals surface area contributed by atoms with Crippen LogP contribution < -0.4 is 19.9 Å². The van der Waals surface area contributed by atoms with Crippen LogP contribution in [-0.2, 0) is 25.3 Å². The minimum absolute atomic E-state index is 0.000673. The molecule has 2 aromatic carbocycles. The van der Waals surface area contributed by atoms with Gasteiger partial charge in [0.1, 0.15) is 23.9 Å². The van der Waals surface area contributed by atoms with E-state index in [1.165, 1.54) is 6.07 Å². The third kappa shape index (κ3) is 9.08. The highest BCUT2D eigenvalue weighted by molar-refractivity contribution is 7.81. The Labute approximate surface area is 324 Å². The van der Waals surface area contributed by atoms with Crippen LogP contribution in [0.2, 0.25) is 0 Å². The summed E-state index contributed by atoms with van der Waals surface area (Å²) in [6.45, 7) is 12.5. The van der Waals surface area contributed by atoms with Crippen LogP contribution in [-0.4, -0.2) is 76.7 Å². The molecule has 55 heavy (non-hydrogen) atoms. The van der Waals surface area contributed by atoms with E-state index < -0.39 is 40.2 Å². The van der Waals surface area contributed by atoms with Crippen molar-refractivity contribution < 1.29 is 37.0 Å². The summed E-state index contributed by atoms with van der Waals surface area (Å²) in [5.74, 6) is -0.293. The summed E-state index contributed by atoms with van der Waals surface area (Å²) in [7, 11) is 0. The first kappa shape index (κ1) is 41.1. The molecule has 0 bridgehead atoms. The predicted molar refractivity (Wildman–Crippen MR) is 205 cm³/mol. The number of amides is 3. The summed E-state index contributed by atoms with van der Waals surface area (Å²) in [5.41, 5.74) is -1.49. The van der Waals surface area contributed by atoms with Gasteiger partial charge in [-0.25, -0.2) is 0 Å². The summed E-state index contributed by atoms with van der Waals surface area (Å²) in [5, 5.41) is 12.1. The molecule has 3 amide bonds. The van der Waals surface area contributed by atoms with E-state index in [2.05, 4.69) is 10.3 Å². The molecule has 3 aromatic rings. The first-order chi connectivity index (χ1) is 25.8. The molecular weight excluding hydrogens is 734 g/mol. The van der Waals surface area contributed by atoms with Crippen LogP contribution in [0.5, 0.6) is 5.75 Å². The van der Waals surface area contributed by atoms with Crippen molar-refractivity contribution in [2.45, 2.75) is 84.6 Å². The number of carbonyl (C=O) groups excluding carboxylic acids is 3. The maximum Gasteiger partial charge on any atom is 0.417 e. The largest absolute Gasteiger partial charge is 0.490 e. The standard InChI is InChI=1S/C40H45F3N6O5S/c1-25-8-7-18-47(25)35(51)34(38(2,3)4)46-33(50)17-19-53-20-21-54-30-15-16-32(45-24-30)26-9-12-28(13-10-26)49-37(55)48(36(52)39(49,5)6)29-14-11-27(23-44)31(22-29)40(41,42)43/h9-16,22,24-25,34H,7-8,17-21H2,1-6H3,(H,46,50)/t25-,34?/m1/s1. The van der Waals surface area contributed by atoms with Crippen molar-refractivity contribution in [2.24, 2.45) is 5.41 Å². The summed E-state index contributed by atoms with van der Waals surface area (Å²) in [4.78, 5) is 48.4. The Kier molecular flexibility index (Phi) is 12.2. The van der Waals surface area contributed by atoms with E-state index in [1.54, 1.807) is 67.4 Å². The summed E-state index contributed by atoms with van der Waals surface area (Å²) < 4.78 is 52.4. The average molecular weight is 779 g/mol. The molecule has 1 unspecified atom stereocenters. The number of carbonyl (C=O) groups is 3. The second-order valence-corrected chi connectivity index (χ2v) is 15.5. The van der Waals surface area contributed by atoms with Gasteiger partial charge in [0.2, 0.25) is 11.8 Å². The fourth-order valence-electron chi connectivity index (χ4n) is 6.67. The number of nitrogens with zero attached hydrogens (tertiary/aromatic N) is 5. The van der Waals surface area contributed by atoms with Crippen molar-refractivity contribution in [3.8, 4) is 23.1 Å². The Morgan fingerprint density at radius 1 is 1.05 bits per heavy atom. The number of halogens is 3. The number of alkyl halides is 3. The maximum absolute atomic E-state index is 13.7. The smallest absolute Gasteiger partial charge is 0.417 e. The molecule has 5 rings (SSSR count). The van der Waals surface area contributed by atoms with Gasteiger partial charge in [-0.2, -0.15) is 18.4 Å². The Morgan fingerprint density at radius 2 is 1.75 bits per heavy atom. The van der Waals surface area contributed by atoms with Crippen molar-refractivity contribution in [1.29, 1.82) is 5.26 Å². The number of ether oxygens (including phenoxy) is 2. The zero-order chi connectivity index (χ0) is 40.3. The molecule has 11 nitrogen and oxygen atoms in total. The molecule has 2 aliphatic heterocycles. The number of nitrogens with one attached hydrogen (secondary N) is 1. The van der Waals surface area contributed by atoms with E-state index in [4.69, 9.17) is 21.7 Å². The van der Waals surface area contributed by atoms with E-state index in [-0.39, 0.29) is 54.9 Å². The third-order valence-electron chi connectivity index (χ3n) is 9.74. The first-order valence-corrected chi connectivity index (χ1v) is 18.4. The highest BCUT2D eigenvalue weighted by Crippen LogP contribution is 2.40. The van der Waals surface area contributed by atoms with Crippen molar-refractivity contribution in [2.75, 3.05) is 36.2 Å². The monoisotopic (exact) mass is 778 g/mol. The van der Waals surface area contributed by atoms with Crippen LogP contribution in [0.1, 0.15) is 71.9 Å². The lowest BCUT2D eigenvalue weighted by molar-refractivity contribution is -0.140. The predicted octanol–water partition coefficient (Wildman–Crippen LogP) is 6.88. The van der Waals surface area contributed by atoms with Gasteiger partial charge in [-0.1, -0.05) is 32.9 Å². The molecule has 0 radical (unpaired) electrons. The van der Waals surface area contributed by atoms with Gasteiger partial charge in [0.15, 0.2) is 5.11 Å². The zero-order valence-corrected chi connectivity index (χ0v) is 32.5. The van der Waals surface area contributed by atoms with Crippen molar-refractivity contribution in [3.63, 3.8) is 0 Å². The van der Waals surface area contributed by atoms with Gasteiger partial charge < -0.3 is 24.6 Å². The lowest BCUT2D eigenvalue weighted by Crippen LogP contribution is -2.55. The van der Waals surface area contributed by atoms with E-state index >= 15 is 0 Å². The second kappa shape index (κ2) is 16.3. The lowest BCUT2D eigenvalue weighted by Gasteiger charge is -2.35. The van der Waals surface area contributed by atoms with Crippen LogP contribution in [0.4, 0.5) is 24.5 Å². The number of nitriles is 1. The molecule has 0 spiro atoms. The van der Waals surface area contributed by atoms with Gasteiger partial charge in [-0.15, -0.1) is 0 Å². The van der Waals surface area contributed by atoms with E-state index in [0.29, 0.717) is 23.7 Å². The van der Waals surface area contributed by atoms with E-state index in [9.17, 15) is 32.8 Å². The van der Waals surface area contributed by atoms with Gasteiger partial charge in [0.05, 0.1) is 48.0 Å². The number of pyridine rings is 1. The minimum atomic E-state index is -4.79. The minimum Gasteiger partial charge on any atom is -0.490 e. The lowest BCUT2D eigenvalue weighted by atomic mass is 9.85. The highest BCUT2D eigenvalue weighted by atomic mass is 32.1. The normalized spacial score (nSPS) is 17.7. The Bertz CT molecular complexity index is 1960. The second-order valence-electron chi connectivity index (χ2n) is 15.2. The number of rotatable bonds is 12. The van der Waals surface area contributed by atoms with Crippen molar-refractivity contribution >= 4 is 46.4 Å². The first-order valence-electron chi connectivity index (χ1n) is 18.0. The Balaban J connectivity index is 1.12. The number of benzene rings is 2.